The van der Waals surface area contributed by atoms with Crippen LogP contribution in [0.1, 0.15) is 12.8 Å². The van der Waals surface area contributed by atoms with Crippen LogP contribution < -0.4 is 0 Å². The number of nitrogens with zero attached hydrogens (tertiary/aromatic N) is 3. The van der Waals surface area contributed by atoms with Gasteiger partial charge in [-0.3, -0.25) is 14.4 Å². The van der Waals surface area contributed by atoms with Crippen molar-refractivity contribution in [2.24, 2.45) is 0 Å². The molecule has 9 heteroatoms. The second kappa shape index (κ2) is 4.48. The van der Waals surface area contributed by atoms with E-state index in [2.05, 4.69) is 4.84 Å². The highest BCUT2D eigenvalue weighted by atomic mass is 32.2. The fraction of sp³-hybridized carbons (Fsp3) is 0.778. The van der Waals surface area contributed by atoms with Crippen LogP contribution in [0, 0.1) is 0 Å². The smallest absolute Gasteiger partial charge is 0.275 e. The van der Waals surface area contributed by atoms with E-state index in [0.717, 1.165) is 9.37 Å². The Bertz CT molecular complexity index is 477. The molecule has 2 aliphatic rings. The first kappa shape index (κ1) is 13.2. The van der Waals surface area contributed by atoms with Gasteiger partial charge < -0.3 is 0 Å². The number of likely N-dealkylation sites (N-methyl/N-ethyl adjacent to an activating group) is 1. The predicted octanol–water partition coefficient (Wildman–Crippen LogP) is -1.44. The highest BCUT2D eigenvalue weighted by molar-refractivity contribution is 7.87. The normalized spacial score (nSPS) is 26.4. The van der Waals surface area contributed by atoms with Gasteiger partial charge in [-0.2, -0.15) is 12.7 Å². The van der Waals surface area contributed by atoms with Gasteiger partial charge in [-0.25, -0.2) is 9.37 Å². The number of fused-ring (bicyclic) bond motifs is 1. The summed E-state index contributed by atoms with van der Waals surface area (Å²) in [6.07, 6.45) is 1.19. The van der Waals surface area contributed by atoms with Crippen molar-refractivity contribution < 1.29 is 22.8 Å². The number of hydroxylamine groups is 2. The molecule has 0 radical (unpaired) electrons. The van der Waals surface area contributed by atoms with Crippen LogP contribution in [0.25, 0.3) is 0 Å². The van der Waals surface area contributed by atoms with E-state index in [1.807, 2.05) is 0 Å². The molecule has 0 unspecified atom stereocenters. The van der Waals surface area contributed by atoms with Gasteiger partial charge in [0.15, 0.2) is 0 Å². The Morgan fingerprint density at radius 1 is 1.56 bits per heavy atom. The van der Waals surface area contributed by atoms with E-state index in [0.29, 0.717) is 23.7 Å². The highest BCUT2D eigenvalue weighted by Gasteiger charge is 2.53. The first-order chi connectivity index (χ1) is 8.39. The van der Waals surface area contributed by atoms with Crippen LogP contribution in [0.3, 0.4) is 0 Å². The molecule has 2 amide bonds. The largest absolute Gasteiger partial charge is 0.307 e. The van der Waals surface area contributed by atoms with E-state index >= 15 is 0 Å². The molecule has 2 saturated heterocycles. The SMILES string of the molecule is CON(C)C(=O)CN1C(=O)[C@@H]2CCCN2S1(=O)=O. The van der Waals surface area contributed by atoms with Crippen molar-refractivity contribution in [1.82, 2.24) is 13.7 Å². The van der Waals surface area contributed by atoms with Gasteiger partial charge >= 0.3 is 10.2 Å². The molecule has 0 aromatic carbocycles. The van der Waals surface area contributed by atoms with E-state index in [9.17, 15) is 18.0 Å². The second-order valence-corrected chi connectivity index (χ2v) is 6.00. The quantitative estimate of drug-likeness (QED) is 0.589. The monoisotopic (exact) mass is 277 g/mol. The Labute approximate surface area is 105 Å². The van der Waals surface area contributed by atoms with Gasteiger partial charge in [0.2, 0.25) is 0 Å². The van der Waals surface area contributed by atoms with Crippen molar-refractivity contribution in [3.05, 3.63) is 0 Å². The zero-order chi connectivity index (χ0) is 13.5. The van der Waals surface area contributed by atoms with E-state index in [-0.39, 0.29) is 0 Å². The molecular formula is C9H15N3O5S. The minimum Gasteiger partial charge on any atom is -0.275 e. The summed E-state index contributed by atoms with van der Waals surface area (Å²) in [5.41, 5.74) is 0. The van der Waals surface area contributed by atoms with Crippen LogP contribution in [0.5, 0.6) is 0 Å². The summed E-state index contributed by atoms with van der Waals surface area (Å²) in [7, 11) is -1.19. The summed E-state index contributed by atoms with van der Waals surface area (Å²) in [6, 6.07) is -0.629. The Morgan fingerprint density at radius 2 is 2.22 bits per heavy atom. The molecule has 0 N–H and O–H groups in total. The first-order valence-corrected chi connectivity index (χ1v) is 6.93. The first-order valence-electron chi connectivity index (χ1n) is 5.53. The standard InChI is InChI=1S/C9H15N3O5S/c1-10(17-2)8(13)6-12-9(14)7-4-3-5-11(7)18(12,15)16/h7H,3-6H2,1-2H3/t7-/m0/s1. The Kier molecular flexibility index (Phi) is 3.30. The van der Waals surface area contributed by atoms with Crippen LogP contribution in [-0.4, -0.2) is 67.2 Å². The van der Waals surface area contributed by atoms with Crippen LogP contribution in [-0.2, 0) is 24.6 Å². The lowest BCUT2D eigenvalue weighted by Gasteiger charge is -2.19. The van der Waals surface area contributed by atoms with Crippen LogP contribution in [0.15, 0.2) is 0 Å². The second-order valence-electron chi connectivity index (χ2n) is 4.20. The Balaban J connectivity index is 2.19. The average Bonchev–Trinajstić information content (AvgIpc) is 2.88. The fourth-order valence-corrected chi connectivity index (χ4v) is 3.91. The average molecular weight is 277 g/mol. The van der Waals surface area contributed by atoms with Crippen molar-refractivity contribution in [3.63, 3.8) is 0 Å². The third-order valence-electron chi connectivity index (χ3n) is 3.21. The summed E-state index contributed by atoms with van der Waals surface area (Å²) >= 11 is 0. The summed E-state index contributed by atoms with van der Waals surface area (Å²) in [5, 5.41) is 0.895. The van der Waals surface area contributed by atoms with Gasteiger partial charge in [-0.15, -0.1) is 0 Å². The van der Waals surface area contributed by atoms with Gasteiger partial charge in [0.1, 0.15) is 12.6 Å². The number of hydrogen-bond acceptors (Lipinski definition) is 5. The Hall–Kier alpha value is -1.19. The molecule has 2 fully saturated rings. The molecule has 2 rings (SSSR count). The maximum atomic E-state index is 12.1. The molecule has 0 aromatic rings. The summed E-state index contributed by atoms with van der Waals surface area (Å²) < 4.78 is 25.9. The minimum absolute atomic E-state index is 0.337. The van der Waals surface area contributed by atoms with Crippen molar-refractivity contribution in [2.45, 2.75) is 18.9 Å². The van der Waals surface area contributed by atoms with Crippen molar-refractivity contribution in [2.75, 3.05) is 27.2 Å². The molecule has 8 nitrogen and oxygen atoms in total. The topological polar surface area (TPSA) is 87.2 Å². The van der Waals surface area contributed by atoms with Crippen LogP contribution in [0.4, 0.5) is 0 Å². The lowest BCUT2D eigenvalue weighted by molar-refractivity contribution is -0.169. The molecule has 102 valence electrons. The third-order valence-corrected chi connectivity index (χ3v) is 5.11. The molecule has 2 aliphatic heterocycles. The van der Waals surface area contributed by atoms with Crippen molar-refractivity contribution >= 4 is 22.0 Å². The number of carbonyl (C=O) groups is 2. The maximum absolute atomic E-state index is 12.1. The molecule has 1 atom stereocenters. The van der Waals surface area contributed by atoms with E-state index in [1.54, 1.807) is 0 Å². The summed E-state index contributed by atoms with van der Waals surface area (Å²) in [5.74, 6) is -1.11. The number of amides is 2. The third kappa shape index (κ3) is 1.88. The lowest BCUT2D eigenvalue weighted by atomic mass is 10.2. The maximum Gasteiger partial charge on any atom is 0.307 e. The molecule has 0 spiro atoms. The molecule has 0 saturated carbocycles. The molecule has 18 heavy (non-hydrogen) atoms. The minimum atomic E-state index is -3.84. The van der Waals surface area contributed by atoms with Gasteiger partial charge in [-0.1, -0.05) is 0 Å². The van der Waals surface area contributed by atoms with E-state index in [1.165, 1.54) is 14.2 Å². The Morgan fingerprint density at radius 3 is 2.78 bits per heavy atom. The van der Waals surface area contributed by atoms with Gasteiger partial charge in [0.25, 0.3) is 11.8 Å². The number of hydrogen-bond donors (Lipinski definition) is 0. The molecule has 0 bridgehead atoms. The summed E-state index contributed by atoms with van der Waals surface area (Å²) in [6.45, 7) is -0.179. The van der Waals surface area contributed by atoms with Gasteiger partial charge in [-0.05, 0) is 12.8 Å². The number of carbonyl (C=O) groups excluding carboxylic acids is 2. The van der Waals surface area contributed by atoms with Crippen molar-refractivity contribution in [1.29, 1.82) is 0 Å². The van der Waals surface area contributed by atoms with E-state index < -0.39 is 34.6 Å². The van der Waals surface area contributed by atoms with Gasteiger partial charge in [0.05, 0.1) is 7.11 Å². The van der Waals surface area contributed by atoms with Crippen LogP contribution in [0.2, 0.25) is 0 Å². The zero-order valence-electron chi connectivity index (χ0n) is 10.2. The molecule has 0 aromatic heterocycles. The zero-order valence-corrected chi connectivity index (χ0v) is 11.0. The summed E-state index contributed by atoms with van der Waals surface area (Å²) in [4.78, 5) is 28.2. The lowest BCUT2D eigenvalue weighted by Crippen LogP contribution is -2.42. The fourth-order valence-electron chi connectivity index (χ4n) is 2.15. The molecular weight excluding hydrogens is 262 g/mol. The van der Waals surface area contributed by atoms with Gasteiger partial charge in [0, 0.05) is 13.6 Å². The molecule has 0 aliphatic carbocycles. The highest BCUT2D eigenvalue weighted by Crippen LogP contribution is 2.31. The van der Waals surface area contributed by atoms with Crippen molar-refractivity contribution in [3.8, 4) is 0 Å². The number of rotatable bonds is 3. The van der Waals surface area contributed by atoms with Crippen LogP contribution >= 0.6 is 0 Å². The molecule has 2 heterocycles. The van der Waals surface area contributed by atoms with E-state index in [4.69, 9.17) is 0 Å². The predicted molar refractivity (Wildman–Crippen MR) is 60.1 cm³/mol.